The molecular formula is C84H72N2. The Morgan fingerprint density at radius 2 is 0.477 bits per heavy atom. The van der Waals surface area contributed by atoms with Crippen molar-refractivity contribution in [1.29, 1.82) is 0 Å². The molecule has 0 saturated heterocycles. The number of fused-ring (bicyclic) bond motifs is 4. The van der Waals surface area contributed by atoms with Crippen LogP contribution in [0.1, 0.15) is 109 Å². The SMILES string of the molecule is Cc1ccc(N(c2ccc(/C=C/c3ccc(C=C4CCCCC4)cc3)cc2)c2c3ccccc3c(-c3c4ccccc4c(N(c4ccc(C)cc4)c4ccc(/C=C/c5ccc(C=C6CCCCC6)cc5)cc4)c4ccccc34)c3ccccc23)cc1. The number of nitrogens with zero attached hydrogens (tertiary/aromatic N) is 2. The molecule has 0 unspecified atom stereocenters. The molecule has 0 spiro atoms. The van der Waals surface area contributed by atoms with E-state index in [2.05, 4.69) is 303 Å². The normalized spacial score (nSPS) is 13.8. The molecule has 0 aliphatic heterocycles. The van der Waals surface area contributed by atoms with Gasteiger partial charge in [-0.15, -0.1) is 0 Å². The summed E-state index contributed by atoms with van der Waals surface area (Å²) in [5, 5.41) is 9.55. The molecular weight excluding hydrogens is 1040 g/mol. The molecule has 418 valence electrons. The second-order valence-corrected chi connectivity index (χ2v) is 23.9. The van der Waals surface area contributed by atoms with Crippen molar-refractivity contribution in [3.05, 3.63) is 298 Å². The van der Waals surface area contributed by atoms with E-state index >= 15 is 0 Å². The highest BCUT2D eigenvalue weighted by atomic mass is 15.2. The molecule has 14 rings (SSSR count). The first-order valence-electron chi connectivity index (χ1n) is 31.2. The van der Waals surface area contributed by atoms with Crippen LogP contribution in [0.3, 0.4) is 0 Å². The molecule has 0 N–H and O–H groups in total. The zero-order chi connectivity index (χ0) is 57.8. The van der Waals surface area contributed by atoms with Gasteiger partial charge in [-0.05, 0) is 180 Å². The summed E-state index contributed by atoms with van der Waals surface area (Å²) in [7, 11) is 0. The molecule has 0 aromatic heterocycles. The molecule has 2 aliphatic rings. The van der Waals surface area contributed by atoms with Crippen molar-refractivity contribution in [2.75, 3.05) is 9.80 Å². The molecule has 2 nitrogen and oxygen atoms in total. The summed E-state index contributed by atoms with van der Waals surface area (Å²) in [6.45, 7) is 4.34. The lowest BCUT2D eigenvalue weighted by molar-refractivity contribution is 0.602. The number of rotatable bonds is 13. The Morgan fingerprint density at radius 3 is 0.756 bits per heavy atom. The molecule has 2 aliphatic carbocycles. The first-order valence-corrected chi connectivity index (χ1v) is 31.2. The average Bonchev–Trinajstić information content (AvgIpc) is 0.832. The van der Waals surface area contributed by atoms with E-state index in [9.17, 15) is 0 Å². The van der Waals surface area contributed by atoms with Gasteiger partial charge < -0.3 is 9.80 Å². The third kappa shape index (κ3) is 11.2. The molecule has 86 heavy (non-hydrogen) atoms. The molecule has 2 saturated carbocycles. The molecule has 0 amide bonds. The van der Waals surface area contributed by atoms with Crippen molar-refractivity contribution < 1.29 is 0 Å². The second kappa shape index (κ2) is 24.4. The number of hydrogen-bond donors (Lipinski definition) is 0. The minimum Gasteiger partial charge on any atom is -0.309 e. The number of hydrogen-bond acceptors (Lipinski definition) is 2. The number of allylic oxidation sites excluding steroid dienone is 2. The van der Waals surface area contributed by atoms with Crippen LogP contribution < -0.4 is 9.80 Å². The Kier molecular flexibility index (Phi) is 15.4. The molecule has 12 aromatic rings. The van der Waals surface area contributed by atoms with Gasteiger partial charge in [0.1, 0.15) is 0 Å². The predicted octanol–water partition coefficient (Wildman–Crippen LogP) is 24.6. The average molecular weight is 1110 g/mol. The van der Waals surface area contributed by atoms with Gasteiger partial charge in [-0.3, -0.25) is 0 Å². The highest BCUT2D eigenvalue weighted by Gasteiger charge is 2.27. The van der Waals surface area contributed by atoms with Crippen molar-refractivity contribution in [2.45, 2.75) is 78.1 Å². The fourth-order valence-corrected chi connectivity index (χ4v) is 13.5. The molecule has 0 radical (unpaired) electrons. The molecule has 0 bridgehead atoms. The Bertz CT molecular complexity index is 4110. The monoisotopic (exact) mass is 1110 g/mol. The number of anilines is 6. The van der Waals surface area contributed by atoms with Gasteiger partial charge in [0.05, 0.1) is 11.4 Å². The lowest BCUT2D eigenvalue weighted by Gasteiger charge is -2.31. The predicted molar refractivity (Wildman–Crippen MR) is 374 cm³/mol. The van der Waals surface area contributed by atoms with Gasteiger partial charge in [0.15, 0.2) is 0 Å². The van der Waals surface area contributed by atoms with Gasteiger partial charge >= 0.3 is 0 Å². The Labute approximate surface area is 508 Å². The van der Waals surface area contributed by atoms with Crippen LogP contribution in [-0.2, 0) is 0 Å². The van der Waals surface area contributed by atoms with Crippen molar-refractivity contribution in [1.82, 2.24) is 0 Å². The van der Waals surface area contributed by atoms with Crippen LogP contribution in [0, 0.1) is 13.8 Å². The van der Waals surface area contributed by atoms with Crippen LogP contribution in [0.4, 0.5) is 34.1 Å². The third-order valence-electron chi connectivity index (χ3n) is 17.9. The lowest BCUT2D eigenvalue weighted by Crippen LogP contribution is -2.12. The van der Waals surface area contributed by atoms with Crippen LogP contribution in [0.25, 0.3) is 90.7 Å². The van der Waals surface area contributed by atoms with Crippen molar-refractivity contribution in [2.24, 2.45) is 0 Å². The van der Waals surface area contributed by atoms with Crippen LogP contribution >= 0.6 is 0 Å². The summed E-state index contributed by atoms with van der Waals surface area (Å²) >= 11 is 0. The lowest BCUT2D eigenvalue weighted by atomic mass is 9.84. The highest BCUT2D eigenvalue weighted by molar-refractivity contribution is 6.30. The fraction of sp³-hybridized carbons (Fsp3) is 0.143. The van der Waals surface area contributed by atoms with E-state index in [1.54, 1.807) is 11.1 Å². The molecule has 2 heteroatoms. The largest absolute Gasteiger partial charge is 0.309 e. The van der Waals surface area contributed by atoms with E-state index < -0.39 is 0 Å². The fourth-order valence-electron chi connectivity index (χ4n) is 13.5. The maximum Gasteiger partial charge on any atom is 0.0618 e. The Morgan fingerprint density at radius 1 is 0.244 bits per heavy atom. The summed E-state index contributed by atoms with van der Waals surface area (Å²) < 4.78 is 0. The van der Waals surface area contributed by atoms with Crippen molar-refractivity contribution >= 4 is 114 Å². The van der Waals surface area contributed by atoms with E-state index in [1.807, 2.05) is 0 Å². The van der Waals surface area contributed by atoms with Crippen molar-refractivity contribution in [3.8, 4) is 11.1 Å². The summed E-state index contributed by atoms with van der Waals surface area (Å²) in [4.78, 5) is 4.96. The zero-order valence-electron chi connectivity index (χ0n) is 49.5. The van der Waals surface area contributed by atoms with Crippen molar-refractivity contribution in [3.63, 3.8) is 0 Å². The number of aryl methyl sites for hydroxylation is 2. The van der Waals surface area contributed by atoms with Gasteiger partial charge in [-0.25, -0.2) is 0 Å². The van der Waals surface area contributed by atoms with Gasteiger partial charge in [0.2, 0.25) is 0 Å². The van der Waals surface area contributed by atoms with Crippen LogP contribution in [0.5, 0.6) is 0 Å². The standard InChI is InChI=1S/C84H72N2/c1-59-29-49-69(50-30-59)85(71-53-45-63(46-54-71)35-33-61-37-41-67(42-38-61)57-65-17-5-3-6-18-65)83-77-25-13-9-21-73(77)81(74-22-10-14-26-78(74)83)82-75-23-11-15-27-79(75)84(80-28-16-12-24-76(80)82)86(70-51-31-60(2)32-52-70)72-55-47-64(48-56-72)36-34-62-39-43-68(44-40-62)58-66-19-7-4-8-20-66/h9-16,21-58H,3-8,17-20H2,1-2H3/b35-33+,36-34+. The summed E-state index contributed by atoms with van der Waals surface area (Å²) in [6, 6.07) is 90.6. The van der Waals surface area contributed by atoms with E-state index in [-0.39, 0.29) is 0 Å². The van der Waals surface area contributed by atoms with Gasteiger partial charge in [-0.1, -0.05) is 266 Å². The molecule has 2 fully saturated rings. The van der Waals surface area contributed by atoms with Gasteiger partial charge in [-0.2, -0.15) is 0 Å². The molecule has 0 atom stereocenters. The number of benzene rings is 12. The quantitative estimate of drug-likeness (QED) is 0.0839. The van der Waals surface area contributed by atoms with E-state index in [1.165, 1.54) is 152 Å². The first kappa shape index (κ1) is 54.2. The topological polar surface area (TPSA) is 6.48 Å². The maximum absolute atomic E-state index is 2.48. The molecule has 12 aromatic carbocycles. The van der Waals surface area contributed by atoms with Crippen LogP contribution in [0.15, 0.2) is 254 Å². The van der Waals surface area contributed by atoms with E-state index in [0.717, 1.165) is 45.3 Å². The van der Waals surface area contributed by atoms with E-state index in [4.69, 9.17) is 0 Å². The van der Waals surface area contributed by atoms with Gasteiger partial charge in [0.25, 0.3) is 0 Å². The smallest absolute Gasteiger partial charge is 0.0618 e. The molecule has 0 heterocycles. The second-order valence-electron chi connectivity index (χ2n) is 23.9. The summed E-state index contributed by atoms with van der Waals surface area (Å²) in [6.07, 6.45) is 26.7. The summed E-state index contributed by atoms with van der Waals surface area (Å²) in [5.74, 6) is 0. The Balaban J connectivity index is 0.873. The summed E-state index contributed by atoms with van der Waals surface area (Å²) in [5.41, 5.74) is 22.1. The highest BCUT2D eigenvalue weighted by Crippen LogP contribution is 2.54. The van der Waals surface area contributed by atoms with Crippen LogP contribution in [-0.4, -0.2) is 0 Å². The zero-order valence-corrected chi connectivity index (χ0v) is 49.5. The minimum atomic E-state index is 1.10. The van der Waals surface area contributed by atoms with E-state index in [0.29, 0.717) is 0 Å². The first-order chi connectivity index (χ1) is 42.5. The maximum atomic E-state index is 2.48. The van der Waals surface area contributed by atoms with Crippen LogP contribution in [0.2, 0.25) is 0 Å². The van der Waals surface area contributed by atoms with Gasteiger partial charge in [0, 0.05) is 44.3 Å². The Hall–Kier alpha value is -9.76. The minimum absolute atomic E-state index is 1.10. The third-order valence-corrected chi connectivity index (χ3v) is 17.9.